The molecule has 0 aliphatic rings. The molecule has 0 N–H and O–H groups in total. The highest BCUT2D eigenvalue weighted by atomic mass is 79.9. The molecule has 0 rings (SSSR count). The molecule has 0 aliphatic heterocycles. The topological polar surface area (TPSA) is 43.1 Å². The normalized spacial score (nSPS) is 13.4. The maximum absolute atomic E-state index is 9.50. The summed E-state index contributed by atoms with van der Waals surface area (Å²) in [5.74, 6) is 0. The molecular weight excluding hydrogens is 185 g/mol. The van der Waals surface area contributed by atoms with Gasteiger partial charge in [-0.2, -0.15) is 0 Å². The fourth-order valence-corrected chi connectivity index (χ4v) is 0.462. The van der Waals surface area contributed by atoms with Crippen molar-refractivity contribution in [1.82, 2.24) is 0 Å². The second-order valence-electron chi connectivity index (χ2n) is 0.906. The number of hydrogen-bond acceptors (Lipinski definition) is 2. The van der Waals surface area contributed by atoms with Crippen molar-refractivity contribution >= 4 is 27.5 Å². The van der Waals surface area contributed by atoms with Crippen molar-refractivity contribution in [1.29, 1.82) is 0 Å². The fraction of sp³-hybridized carbons (Fsp3) is 1.00. The van der Waals surface area contributed by atoms with Crippen LogP contribution in [0.3, 0.4) is 0 Å². The average Bonchev–Trinajstić information content (AvgIpc) is 1.27. The van der Waals surface area contributed by atoms with Gasteiger partial charge in [0.1, 0.15) is 0 Å². The van der Waals surface area contributed by atoms with E-state index in [2.05, 4.69) is 15.9 Å². The first-order valence-electron chi connectivity index (χ1n) is 1.53. The number of alkyl halides is 2. The molecule has 1 atom stereocenters. The standard InChI is InChI=1S/C2H3BrClNO2/c3-2(4)1-5(6)7/h2H,1H2. The fourth-order valence-electron chi connectivity index (χ4n) is 0.113. The van der Waals surface area contributed by atoms with Crippen LogP contribution in [0.25, 0.3) is 0 Å². The molecule has 3 nitrogen and oxygen atoms in total. The summed E-state index contributed by atoms with van der Waals surface area (Å²) < 4.78 is -0.539. The third-order valence-corrected chi connectivity index (χ3v) is 0.715. The van der Waals surface area contributed by atoms with E-state index in [9.17, 15) is 10.1 Å². The van der Waals surface area contributed by atoms with E-state index in [4.69, 9.17) is 11.6 Å². The van der Waals surface area contributed by atoms with E-state index in [0.717, 1.165) is 0 Å². The summed E-state index contributed by atoms with van der Waals surface area (Å²) >= 11 is 7.95. The van der Waals surface area contributed by atoms with E-state index in [1.165, 1.54) is 0 Å². The Morgan fingerprint density at radius 1 is 2.00 bits per heavy atom. The highest BCUT2D eigenvalue weighted by Crippen LogP contribution is 2.02. The van der Waals surface area contributed by atoms with Gasteiger partial charge in [0.2, 0.25) is 6.54 Å². The van der Waals surface area contributed by atoms with Gasteiger partial charge in [-0.25, -0.2) is 0 Å². The molecule has 0 fully saturated rings. The number of nitro groups is 1. The van der Waals surface area contributed by atoms with Gasteiger partial charge in [-0.05, 0) is 0 Å². The molecule has 0 amide bonds. The molecule has 0 aliphatic carbocycles. The maximum atomic E-state index is 9.50. The Balaban J connectivity index is 3.13. The number of rotatable bonds is 2. The van der Waals surface area contributed by atoms with Crippen LogP contribution in [0.2, 0.25) is 0 Å². The van der Waals surface area contributed by atoms with E-state index in [1.807, 2.05) is 0 Å². The zero-order chi connectivity index (χ0) is 5.86. The Kier molecular flexibility index (Phi) is 3.29. The van der Waals surface area contributed by atoms with Crippen LogP contribution in [-0.2, 0) is 0 Å². The highest BCUT2D eigenvalue weighted by Gasteiger charge is 2.04. The van der Waals surface area contributed by atoms with Gasteiger partial charge in [-0.3, -0.25) is 10.1 Å². The van der Waals surface area contributed by atoms with Crippen LogP contribution >= 0.6 is 27.5 Å². The van der Waals surface area contributed by atoms with Gasteiger partial charge < -0.3 is 0 Å². The molecule has 0 radical (unpaired) electrons. The minimum atomic E-state index is -0.539. The quantitative estimate of drug-likeness (QED) is 0.371. The van der Waals surface area contributed by atoms with Crippen molar-refractivity contribution in [2.24, 2.45) is 0 Å². The Morgan fingerprint density at radius 3 is 2.43 bits per heavy atom. The monoisotopic (exact) mass is 187 g/mol. The predicted molar refractivity (Wildman–Crippen MR) is 30.4 cm³/mol. The minimum Gasteiger partial charge on any atom is -0.264 e. The first-order chi connectivity index (χ1) is 3.13. The summed E-state index contributed by atoms with van der Waals surface area (Å²) in [5, 5.41) is 9.50. The molecule has 0 aromatic heterocycles. The van der Waals surface area contributed by atoms with E-state index < -0.39 is 9.21 Å². The molecule has 0 saturated carbocycles. The first-order valence-corrected chi connectivity index (χ1v) is 2.88. The second-order valence-corrected chi connectivity index (χ2v) is 3.07. The van der Waals surface area contributed by atoms with Crippen LogP contribution in [0.1, 0.15) is 0 Å². The van der Waals surface area contributed by atoms with Crippen molar-refractivity contribution in [2.45, 2.75) is 4.29 Å². The van der Waals surface area contributed by atoms with Gasteiger partial charge in [-0.15, -0.1) is 11.6 Å². The van der Waals surface area contributed by atoms with Crippen LogP contribution in [0.15, 0.2) is 0 Å². The third kappa shape index (κ3) is 6.17. The molecule has 0 aromatic carbocycles. The van der Waals surface area contributed by atoms with Gasteiger partial charge in [-0.1, -0.05) is 15.9 Å². The van der Waals surface area contributed by atoms with Crippen molar-refractivity contribution in [3.05, 3.63) is 10.1 Å². The Hall–Kier alpha value is 0.170. The van der Waals surface area contributed by atoms with E-state index in [-0.39, 0.29) is 6.54 Å². The van der Waals surface area contributed by atoms with Crippen LogP contribution in [0.4, 0.5) is 0 Å². The maximum Gasteiger partial charge on any atom is 0.229 e. The van der Waals surface area contributed by atoms with Crippen molar-refractivity contribution in [3.63, 3.8) is 0 Å². The summed E-state index contributed by atoms with van der Waals surface area (Å²) in [6.07, 6.45) is 0. The van der Waals surface area contributed by atoms with Crippen LogP contribution in [0.5, 0.6) is 0 Å². The molecule has 0 heterocycles. The molecule has 42 valence electrons. The minimum absolute atomic E-state index is 0.235. The highest BCUT2D eigenvalue weighted by molar-refractivity contribution is 9.10. The van der Waals surface area contributed by atoms with Crippen molar-refractivity contribution in [2.75, 3.05) is 6.54 Å². The van der Waals surface area contributed by atoms with Gasteiger partial charge in [0.25, 0.3) is 0 Å². The van der Waals surface area contributed by atoms with E-state index in [1.54, 1.807) is 0 Å². The summed E-state index contributed by atoms with van der Waals surface area (Å²) in [4.78, 5) is 9.02. The SMILES string of the molecule is O=[N+]([O-])CC(Cl)Br. The van der Waals surface area contributed by atoms with Crippen molar-refractivity contribution in [3.8, 4) is 0 Å². The number of hydrogen-bond donors (Lipinski definition) is 0. The van der Waals surface area contributed by atoms with Gasteiger partial charge >= 0.3 is 0 Å². The average molecular weight is 188 g/mol. The van der Waals surface area contributed by atoms with Gasteiger partial charge in [0.15, 0.2) is 4.29 Å². The van der Waals surface area contributed by atoms with E-state index >= 15 is 0 Å². The lowest BCUT2D eigenvalue weighted by Crippen LogP contribution is -2.06. The summed E-state index contributed by atoms with van der Waals surface area (Å²) in [7, 11) is 0. The Labute approximate surface area is 53.9 Å². The Morgan fingerprint density at radius 2 is 2.43 bits per heavy atom. The lowest BCUT2D eigenvalue weighted by molar-refractivity contribution is -0.476. The zero-order valence-corrected chi connectivity index (χ0v) is 5.65. The molecule has 0 spiro atoms. The largest absolute Gasteiger partial charge is 0.264 e. The molecule has 7 heavy (non-hydrogen) atoms. The number of nitrogens with zero attached hydrogens (tertiary/aromatic N) is 1. The third-order valence-electron chi connectivity index (χ3n) is 0.287. The molecule has 1 unspecified atom stereocenters. The smallest absolute Gasteiger partial charge is 0.229 e. The van der Waals surface area contributed by atoms with Crippen LogP contribution in [0, 0.1) is 10.1 Å². The molecule has 0 bridgehead atoms. The lowest BCUT2D eigenvalue weighted by Gasteiger charge is -1.88. The zero-order valence-electron chi connectivity index (χ0n) is 3.30. The molecular formula is C2H3BrClNO2. The number of halogens is 2. The van der Waals surface area contributed by atoms with Gasteiger partial charge in [0, 0.05) is 4.92 Å². The predicted octanol–water partition coefficient (Wildman–Crippen LogP) is 1.22. The van der Waals surface area contributed by atoms with Gasteiger partial charge in [0.05, 0.1) is 0 Å². The molecule has 0 aromatic rings. The summed E-state index contributed by atoms with van der Waals surface area (Å²) in [6.45, 7) is -0.235. The first kappa shape index (κ1) is 7.17. The summed E-state index contributed by atoms with van der Waals surface area (Å²) in [6, 6.07) is 0. The summed E-state index contributed by atoms with van der Waals surface area (Å²) in [5.41, 5.74) is 0. The van der Waals surface area contributed by atoms with Crippen LogP contribution < -0.4 is 0 Å². The van der Waals surface area contributed by atoms with Crippen molar-refractivity contribution < 1.29 is 4.92 Å². The molecule has 5 heteroatoms. The second kappa shape index (κ2) is 3.21. The lowest BCUT2D eigenvalue weighted by atomic mass is 10.8. The van der Waals surface area contributed by atoms with E-state index in [0.29, 0.717) is 0 Å². The molecule has 0 saturated heterocycles. The van der Waals surface area contributed by atoms with Crippen LogP contribution in [-0.4, -0.2) is 15.8 Å². The Bertz CT molecular complexity index is 76.1.